The zero-order valence-corrected chi connectivity index (χ0v) is 21.0. The first-order chi connectivity index (χ1) is 16.2. The topological polar surface area (TPSA) is 60.5 Å². The van der Waals surface area contributed by atoms with Crippen LogP contribution in [0.25, 0.3) is 0 Å². The molecule has 1 atom stereocenters. The highest BCUT2D eigenvalue weighted by molar-refractivity contribution is 6.14. The van der Waals surface area contributed by atoms with E-state index in [0.717, 1.165) is 33.5 Å². The van der Waals surface area contributed by atoms with Crippen molar-refractivity contribution < 1.29 is 0 Å². The number of rotatable bonds is 7. The van der Waals surface area contributed by atoms with Crippen LogP contribution < -0.4 is 5.32 Å². The standard InChI is InChI=1S/C30H32N4/c1-9-27(32-8)15-14-22(4)24(6)33-30(28-12-10-11-20(2)17-23(28)5)34-25(7)29-16-13-21(3)18-26(29)19-31/h9,12-18,20,32H,1,6H2,2-5,7-8H3/b22-14+,27-15+,33-30-,34-25+/t20-/m0/s1. The lowest BCUT2D eigenvalue weighted by atomic mass is 10.0. The monoisotopic (exact) mass is 448 g/mol. The molecule has 1 N–H and O–H groups in total. The van der Waals surface area contributed by atoms with Gasteiger partial charge < -0.3 is 5.32 Å². The van der Waals surface area contributed by atoms with Crippen LogP contribution in [0.4, 0.5) is 0 Å². The third-order valence-corrected chi connectivity index (χ3v) is 5.37. The van der Waals surface area contributed by atoms with Gasteiger partial charge in [0.15, 0.2) is 5.84 Å². The molecule has 0 spiro atoms. The van der Waals surface area contributed by atoms with Gasteiger partial charge in [0, 0.05) is 35.5 Å². The van der Waals surface area contributed by atoms with Crippen molar-refractivity contribution in [2.75, 3.05) is 7.05 Å². The Balaban J connectivity index is 2.64. The number of nitrogens with one attached hydrogen (secondary N) is 1. The Bertz CT molecular complexity index is 1280. The Morgan fingerprint density at radius 3 is 2.59 bits per heavy atom. The van der Waals surface area contributed by atoms with Crippen LogP contribution in [0.2, 0.25) is 0 Å². The SMILES string of the molecule is C=C/C(=C\C=C(/C)C(=C)/N=C(\N=C(/C)c1ccc(C)cc1C#N)C1=CC#C[C@H](C)C=C1C)NC. The molecular formula is C30H32N4. The van der Waals surface area contributed by atoms with Crippen molar-refractivity contribution in [1.29, 1.82) is 5.26 Å². The van der Waals surface area contributed by atoms with Gasteiger partial charge in [-0.2, -0.15) is 5.26 Å². The number of nitriles is 1. The predicted octanol–water partition coefficient (Wildman–Crippen LogP) is 6.35. The van der Waals surface area contributed by atoms with E-state index in [9.17, 15) is 5.26 Å². The normalized spacial score (nSPS) is 16.9. The predicted molar refractivity (Wildman–Crippen MR) is 145 cm³/mol. The van der Waals surface area contributed by atoms with E-state index >= 15 is 0 Å². The molecule has 0 amide bonds. The molecule has 0 fully saturated rings. The van der Waals surface area contributed by atoms with E-state index in [-0.39, 0.29) is 5.92 Å². The van der Waals surface area contributed by atoms with E-state index in [1.807, 2.05) is 71.2 Å². The van der Waals surface area contributed by atoms with Crippen molar-refractivity contribution in [1.82, 2.24) is 5.32 Å². The van der Waals surface area contributed by atoms with Crippen molar-refractivity contribution in [3.63, 3.8) is 0 Å². The number of hydrogen-bond acceptors (Lipinski definition) is 3. The maximum absolute atomic E-state index is 9.63. The minimum atomic E-state index is 0.135. The number of amidine groups is 1. The highest BCUT2D eigenvalue weighted by Gasteiger charge is 2.14. The Hall–Kier alpha value is -4.15. The smallest absolute Gasteiger partial charge is 0.160 e. The first-order valence-corrected chi connectivity index (χ1v) is 11.1. The van der Waals surface area contributed by atoms with Crippen LogP contribution >= 0.6 is 0 Å². The maximum Gasteiger partial charge on any atom is 0.160 e. The van der Waals surface area contributed by atoms with Crippen LogP contribution in [0.15, 0.2) is 99.8 Å². The Labute approximate surface area is 204 Å². The molecule has 0 unspecified atom stereocenters. The van der Waals surface area contributed by atoms with Crippen molar-refractivity contribution in [2.45, 2.75) is 34.6 Å². The Morgan fingerprint density at radius 1 is 1.21 bits per heavy atom. The quantitative estimate of drug-likeness (QED) is 0.229. The molecule has 4 heteroatoms. The average Bonchev–Trinajstić information content (AvgIpc) is 2.98. The van der Waals surface area contributed by atoms with Gasteiger partial charge in [-0.05, 0) is 75.6 Å². The molecule has 34 heavy (non-hydrogen) atoms. The second-order valence-electron chi connectivity index (χ2n) is 8.15. The lowest BCUT2D eigenvalue weighted by Crippen LogP contribution is -2.08. The second kappa shape index (κ2) is 12.2. The summed E-state index contributed by atoms with van der Waals surface area (Å²) in [5, 5.41) is 12.7. The molecule has 1 aromatic rings. The fourth-order valence-electron chi connectivity index (χ4n) is 3.32. The molecule has 1 aromatic carbocycles. The summed E-state index contributed by atoms with van der Waals surface area (Å²) in [5.41, 5.74) is 7.34. The fraction of sp³-hybridized carbons (Fsp3) is 0.233. The molecule has 1 aliphatic carbocycles. The van der Waals surface area contributed by atoms with E-state index in [1.54, 1.807) is 6.08 Å². The number of aryl methyl sites for hydroxylation is 1. The molecule has 0 aliphatic heterocycles. The summed E-state index contributed by atoms with van der Waals surface area (Å²) in [6, 6.07) is 8.05. The van der Waals surface area contributed by atoms with E-state index in [2.05, 4.69) is 49.4 Å². The molecule has 2 rings (SSSR count). The number of aliphatic imine (C=N–C) groups is 2. The number of hydrogen-bond donors (Lipinski definition) is 1. The number of benzene rings is 1. The van der Waals surface area contributed by atoms with Crippen LogP contribution in [-0.2, 0) is 0 Å². The molecule has 0 aromatic heterocycles. The van der Waals surface area contributed by atoms with Gasteiger partial charge in [0.25, 0.3) is 0 Å². The summed E-state index contributed by atoms with van der Waals surface area (Å²) in [4.78, 5) is 9.70. The number of likely N-dealkylation sites (N-methyl/N-ethyl adjacent to an activating group) is 1. The summed E-state index contributed by atoms with van der Waals surface area (Å²) < 4.78 is 0. The van der Waals surface area contributed by atoms with Crippen molar-refractivity contribution >= 4 is 11.5 Å². The number of allylic oxidation sites excluding steroid dienone is 6. The molecule has 0 saturated heterocycles. The van der Waals surface area contributed by atoms with E-state index in [4.69, 9.17) is 9.98 Å². The maximum atomic E-state index is 9.63. The third-order valence-electron chi connectivity index (χ3n) is 5.37. The largest absolute Gasteiger partial charge is 0.388 e. The lowest BCUT2D eigenvalue weighted by Gasteiger charge is -2.11. The summed E-state index contributed by atoms with van der Waals surface area (Å²) in [6.45, 7) is 17.9. The molecule has 1 aliphatic rings. The van der Waals surface area contributed by atoms with Gasteiger partial charge in [-0.3, -0.25) is 0 Å². The van der Waals surface area contributed by atoms with Crippen LogP contribution in [0.5, 0.6) is 0 Å². The molecule has 0 radical (unpaired) electrons. The number of nitrogens with zero attached hydrogens (tertiary/aromatic N) is 3. The molecular weight excluding hydrogens is 416 g/mol. The molecule has 4 nitrogen and oxygen atoms in total. The van der Waals surface area contributed by atoms with Crippen LogP contribution in [0, 0.1) is 36.0 Å². The zero-order chi connectivity index (χ0) is 25.3. The van der Waals surface area contributed by atoms with Crippen molar-refractivity contribution in [3.05, 3.63) is 107 Å². The van der Waals surface area contributed by atoms with Crippen LogP contribution in [0.3, 0.4) is 0 Å². The van der Waals surface area contributed by atoms with Gasteiger partial charge >= 0.3 is 0 Å². The molecule has 0 saturated carbocycles. The minimum absolute atomic E-state index is 0.135. The van der Waals surface area contributed by atoms with Gasteiger partial charge in [0.1, 0.15) is 0 Å². The minimum Gasteiger partial charge on any atom is -0.388 e. The lowest BCUT2D eigenvalue weighted by molar-refractivity contribution is 0.970. The third kappa shape index (κ3) is 6.92. The van der Waals surface area contributed by atoms with Gasteiger partial charge in [0.05, 0.1) is 17.3 Å². The first-order valence-electron chi connectivity index (χ1n) is 11.1. The second-order valence-corrected chi connectivity index (χ2v) is 8.15. The average molecular weight is 449 g/mol. The van der Waals surface area contributed by atoms with Gasteiger partial charge in [0.2, 0.25) is 0 Å². The van der Waals surface area contributed by atoms with Gasteiger partial charge in [-0.25, -0.2) is 9.98 Å². The molecule has 172 valence electrons. The first kappa shape index (κ1) is 26.1. The summed E-state index contributed by atoms with van der Waals surface area (Å²) in [6.07, 6.45) is 9.57. The fourth-order valence-corrected chi connectivity index (χ4v) is 3.32. The summed E-state index contributed by atoms with van der Waals surface area (Å²) in [7, 11) is 1.84. The van der Waals surface area contributed by atoms with Gasteiger partial charge in [-0.1, -0.05) is 49.3 Å². The van der Waals surface area contributed by atoms with Crippen molar-refractivity contribution in [3.8, 4) is 17.9 Å². The Kier molecular flexibility index (Phi) is 9.36. The van der Waals surface area contributed by atoms with E-state index in [1.165, 1.54) is 0 Å². The Morgan fingerprint density at radius 2 is 1.94 bits per heavy atom. The van der Waals surface area contributed by atoms with Crippen molar-refractivity contribution in [2.24, 2.45) is 15.9 Å². The van der Waals surface area contributed by atoms with Crippen LogP contribution in [0.1, 0.15) is 44.4 Å². The van der Waals surface area contributed by atoms with Crippen LogP contribution in [-0.4, -0.2) is 18.6 Å². The molecule has 0 heterocycles. The zero-order valence-electron chi connectivity index (χ0n) is 21.0. The highest BCUT2D eigenvalue weighted by Crippen LogP contribution is 2.21. The highest BCUT2D eigenvalue weighted by atomic mass is 14.9. The van der Waals surface area contributed by atoms with E-state index in [0.29, 0.717) is 22.8 Å². The van der Waals surface area contributed by atoms with E-state index < -0.39 is 0 Å². The van der Waals surface area contributed by atoms with Gasteiger partial charge in [-0.15, -0.1) is 0 Å². The molecule has 0 bridgehead atoms. The summed E-state index contributed by atoms with van der Waals surface area (Å²) >= 11 is 0. The summed E-state index contributed by atoms with van der Waals surface area (Å²) in [5.74, 6) is 6.95.